The van der Waals surface area contributed by atoms with E-state index in [2.05, 4.69) is 4.98 Å². The van der Waals surface area contributed by atoms with E-state index in [-0.39, 0.29) is 11.4 Å². The zero-order valence-corrected chi connectivity index (χ0v) is 8.93. The second-order valence-corrected chi connectivity index (χ2v) is 3.31. The van der Waals surface area contributed by atoms with Crippen LogP contribution in [-0.4, -0.2) is 19.1 Å². The van der Waals surface area contributed by atoms with Crippen molar-refractivity contribution in [3.63, 3.8) is 0 Å². The highest BCUT2D eigenvalue weighted by Gasteiger charge is 2.25. The number of rotatable bonds is 3. The molecule has 0 spiro atoms. The molecule has 0 saturated heterocycles. The lowest BCUT2D eigenvalue weighted by molar-refractivity contribution is 0.406. The van der Waals surface area contributed by atoms with Gasteiger partial charge in [-0.25, -0.2) is 0 Å². The number of anilines is 2. The van der Waals surface area contributed by atoms with E-state index in [4.69, 9.17) is 4.74 Å². The highest BCUT2D eigenvalue weighted by atomic mass is 16.5. The van der Waals surface area contributed by atoms with Gasteiger partial charge in [0, 0.05) is 13.2 Å². The van der Waals surface area contributed by atoms with E-state index < -0.39 is 10.9 Å². The van der Waals surface area contributed by atoms with Crippen molar-refractivity contribution in [3.05, 3.63) is 45.0 Å². The Bertz CT molecular complexity index is 570. The molecule has 0 saturated carbocycles. The first-order valence-electron chi connectivity index (χ1n) is 4.68. The average Bonchev–Trinajstić information content (AvgIpc) is 2.34. The zero-order valence-electron chi connectivity index (χ0n) is 8.93. The Hall–Kier alpha value is -2.17. The highest BCUT2D eigenvalue weighted by Crippen LogP contribution is 2.27. The first kappa shape index (κ1) is 10.4. The predicted octanol–water partition coefficient (Wildman–Crippen LogP) is 0.454. The monoisotopic (exact) mass is 218 g/mol. The Morgan fingerprint density at radius 2 is 2.06 bits per heavy atom. The van der Waals surface area contributed by atoms with Gasteiger partial charge in [-0.2, -0.15) is 0 Å². The fourth-order valence-corrected chi connectivity index (χ4v) is 1.53. The summed E-state index contributed by atoms with van der Waals surface area (Å²) in [5, 5.41) is 0. The van der Waals surface area contributed by atoms with Crippen molar-refractivity contribution in [1.29, 1.82) is 0 Å². The van der Waals surface area contributed by atoms with E-state index in [9.17, 15) is 9.59 Å². The summed E-state index contributed by atoms with van der Waals surface area (Å²) in [6, 6.07) is 3.55. The van der Waals surface area contributed by atoms with Crippen LogP contribution in [0.5, 0.6) is 5.75 Å². The highest BCUT2D eigenvalue weighted by molar-refractivity contribution is 5.71. The van der Waals surface area contributed by atoms with Gasteiger partial charge in [-0.1, -0.05) is 0 Å². The van der Waals surface area contributed by atoms with E-state index in [0.717, 1.165) is 5.69 Å². The molecule has 1 aromatic carbocycles. The summed E-state index contributed by atoms with van der Waals surface area (Å²) in [6.07, 6.45) is 3.24. The van der Waals surface area contributed by atoms with Gasteiger partial charge in [-0.3, -0.25) is 14.6 Å². The molecule has 2 aromatic rings. The van der Waals surface area contributed by atoms with Crippen molar-refractivity contribution in [2.75, 3.05) is 19.1 Å². The van der Waals surface area contributed by atoms with Gasteiger partial charge < -0.3 is 9.64 Å². The number of nitrogens with zero attached hydrogens (tertiary/aromatic N) is 2. The van der Waals surface area contributed by atoms with Crippen LogP contribution in [0.1, 0.15) is 0 Å². The molecule has 0 aliphatic heterocycles. The molecule has 82 valence electrons. The number of aromatic nitrogens is 1. The molecule has 0 fully saturated rings. The molecule has 1 aromatic heterocycles. The lowest BCUT2D eigenvalue weighted by Crippen LogP contribution is -2.37. The maximum absolute atomic E-state index is 11.4. The van der Waals surface area contributed by atoms with Gasteiger partial charge in [0.15, 0.2) is 5.75 Å². The Morgan fingerprint density at radius 3 is 2.62 bits per heavy atom. The summed E-state index contributed by atoms with van der Waals surface area (Å²) < 4.78 is 4.87. The van der Waals surface area contributed by atoms with Crippen LogP contribution >= 0.6 is 0 Å². The second kappa shape index (κ2) is 3.77. The third-order valence-corrected chi connectivity index (χ3v) is 2.42. The second-order valence-electron chi connectivity index (χ2n) is 3.31. The number of hydrogen-bond acceptors (Lipinski definition) is 5. The molecular weight excluding hydrogens is 208 g/mol. The maximum Gasteiger partial charge on any atom is 0.272 e. The SMILES string of the molecule is COc1c(N(C)c2cccnc2)c(=O)c1=O. The summed E-state index contributed by atoms with van der Waals surface area (Å²) in [7, 11) is 3.06. The molecule has 0 aliphatic rings. The molecule has 16 heavy (non-hydrogen) atoms. The number of hydrogen-bond donors (Lipinski definition) is 0. The first-order valence-corrected chi connectivity index (χ1v) is 4.68. The molecule has 2 rings (SSSR count). The largest absolute Gasteiger partial charge is 0.491 e. The number of ether oxygens (including phenoxy) is 1. The molecule has 1 heterocycles. The fourth-order valence-electron chi connectivity index (χ4n) is 1.53. The van der Waals surface area contributed by atoms with Crippen LogP contribution in [0, 0.1) is 0 Å². The van der Waals surface area contributed by atoms with Gasteiger partial charge >= 0.3 is 0 Å². The summed E-state index contributed by atoms with van der Waals surface area (Å²) >= 11 is 0. The summed E-state index contributed by atoms with van der Waals surface area (Å²) in [5.41, 5.74) is -0.0927. The molecule has 0 unspecified atom stereocenters. The van der Waals surface area contributed by atoms with E-state index in [1.165, 1.54) is 7.11 Å². The van der Waals surface area contributed by atoms with E-state index in [0.29, 0.717) is 0 Å². The molecule has 0 aliphatic carbocycles. The van der Waals surface area contributed by atoms with Crippen molar-refractivity contribution >= 4 is 11.4 Å². The molecule has 0 N–H and O–H groups in total. The van der Waals surface area contributed by atoms with Crippen LogP contribution in [0.2, 0.25) is 0 Å². The van der Waals surface area contributed by atoms with E-state index >= 15 is 0 Å². The minimum absolute atomic E-state index is 0.108. The lowest BCUT2D eigenvalue weighted by Gasteiger charge is -2.21. The Labute approximate surface area is 91.6 Å². The van der Waals surface area contributed by atoms with Crippen LogP contribution in [0.4, 0.5) is 11.4 Å². The Kier molecular flexibility index (Phi) is 2.44. The summed E-state index contributed by atoms with van der Waals surface area (Å²) in [5.74, 6) is 0.108. The first-order chi connectivity index (χ1) is 7.66. The van der Waals surface area contributed by atoms with Crippen LogP contribution in [0.25, 0.3) is 0 Å². The molecular formula is C11H10N2O3. The molecule has 0 radical (unpaired) electrons. The summed E-state index contributed by atoms with van der Waals surface area (Å²) in [4.78, 5) is 28.1. The van der Waals surface area contributed by atoms with Crippen molar-refractivity contribution < 1.29 is 4.74 Å². The summed E-state index contributed by atoms with van der Waals surface area (Å²) in [6.45, 7) is 0. The van der Waals surface area contributed by atoms with E-state index in [1.54, 1.807) is 36.5 Å². The molecule has 5 heteroatoms. The Balaban J connectivity index is 2.43. The molecule has 0 amide bonds. The van der Waals surface area contributed by atoms with Crippen molar-refractivity contribution in [2.45, 2.75) is 0 Å². The zero-order chi connectivity index (χ0) is 11.7. The van der Waals surface area contributed by atoms with Gasteiger partial charge in [0.25, 0.3) is 10.9 Å². The van der Waals surface area contributed by atoms with Crippen LogP contribution in [-0.2, 0) is 0 Å². The third kappa shape index (κ3) is 1.37. The maximum atomic E-state index is 11.4. The van der Waals surface area contributed by atoms with Gasteiger partial charge in [0.2, 0.25) is 0 Å². The minimum atomic E-state index is -0.576. The number of pyridine rings is 1. The van der Waals surface area contributed by atoms with Crippen molar-refractivity contribution in [2.24, 2.45) is 0 Å². The van der Waals surface area contributed by atoms with Crippen LogP contribution in [0.3, 0.4) is 0 Å². The topological polar surface area (TPSA) is 59.5 Å². The van der Waals surface area contributed by atoms with Gasteiger partial charge in [-0.15, -0.1) is 0 Å². The number of methoxy groups -OCH3 is 1. The van der Waals surface area contributed by atoms with Crippen molar-refractivity contribution in [1.82, 2.24) is 4.98 Å². The normalized spacial score (nSPS) is 10.4. The van der Waals surface area contributed by atoms with Gasteiger partial charge in [0.1, 0.15) is 5.69 Å². The molecule has 5 nitrogen and oxygen atoms in total. The average molecular weight is 218 g/mol. The quantitative estimate of drug-likeness (QED) is 0.700. The Morgan fingerprint density at radius 1 is 1.31 bits per heavy atom. The smallest absolute Gasteiger partial charge is 0.272 e. The predicted molar refractivity (Wildman–Crippen MR) is 60.2 cm³/mol. The fraction of sp³-hybridized carbons (Fsp3) is 0.182. The molecule has 0 atom stereocenters. The van der Waals surface area contributed by atoms with Crippen molar-refractivity contribution in [3.8, 4) is 5.75 Å². The van der Waals surface area contributed by atoms with Gasteiger partial charge in [0.05, 0.1) is 19.0 Å². The van der Waals surface area contributed by atoms with Crippen LogP contribution in [0.15, 0.2) is 34.1 Å². The van der Waals surface area contributed by atoms with Gasteiger partial charge in [-0.05, 0) is 12.1 Å². The van der Waals surface area contributed by atoms with E-state index in [1.807, 2.05) is 0 Å². The lowest BCUT2D eigenvalue weighted by atomic mass is 10.2. The molecule has 0 bridgehead atoms. The third-order valence-electron chi connectivity index (χ3n) is 2.42. The minimum Gasteiger partial charge on any atom is -0.491 e. The van der Waals surface area contributed by atoms with Crippen LogP contribution < -0.4 is 20.5 Å². The standard InChI is InChI=1S/C11H10N2O3/c1-13(7-4-3-5-12-6-7)8-9(14)10(15)11(8)16-2/h3-6H,1-2H3.